The van der Waals surface area contributed by atoms with E-state index in [4.69, 9.17) is 23.2 Å². The van der Waals surface area contributed by atoms with Crippen molar-refractivity contribution in [2.24, 2.45) is 0 Å². The van der Waals surface area contributed by atoms with Crippen LogP contribution in [0.2, 0.25) is 10.0 Å². The molecule has 2 aromatic heterocycles. The molecule has 3 rings (SSSR count). The highest BCUT2D eigenvalue weighted by Gasteiger charge is 2.05. The third-order valence-electron chi connectivity index (χ3n) is 3.25. The number of nitrogens with zero attached hydrogens (tertiary/aromatic N) is 3. The highest BCUT2D eigenvalue weighted by atomic mass is 35.5. The van der Waals surface area contributed by atoms with Gasteiger partial charge < -0.3 is 10.6 Å². The van der Waals surface area contributed by atoms with Crippen LogP contribution in [0, 0.1) is 6.92 Å². The highest BCUT2D eigenvalue weighted by Crippen LogP contribution is 2.27. The number of hydrogen-bond donors (Lipinski definition) is 2. The summed E-state index contributed by atoms with van der Waals surface area (Å²) < 4.78 is 0. The van der Waals surface area contributed by atoms with Crippen molar-refractivity contribution in [2.45, 2.75) is 13.5 Å². The van der Waals surface area contributed by atoms with Gasteiger partial charge in [-0.1, -0.05) is 23.2 Å². The lowest BCUT2D eigenvalue weighted by molar-refractivity contribution is 1.02. The van der Waals surface area contributed by atoms with Crippen LogP contribution in [0.3, 0.4) is 0 Å². The lowest BCUT2D eigenvalue weighted by atomic mass is 10.3. The van der Waals surface area contributed by atoms with Gasteiger partial charge >= 0.3 is 0 Å². The Balaban J connectivity index is 1.74. The molecule has 1 aromatic carbocycles. The number of aryl methyl sites for hydroxylation is 1. The van der Waals surface area contributed by atoms with Gasteiger partial charge in [-0.15, -0.1) is 0 Å². The van der Waals surface area contributed by atoms with Crippen LogP contribution >= 0.6 is 23.2 Å². The van der Waals surface area contributed by atoms with Crippen LogP contribution in [-0.4, -0.2) is 15.0 Å². The molecule has 2 N–H and O–H groups in total. The number of hydrogen-bond acceptors (Lipinski definition) is 5. The van der Waals surface area contributed by atoms with Gasteiger partial charge in [-0.2, -0.15) is 0 Å². The molecule has 0 atom stereocenters. The monoisotopic (exact) mass is 359 g/mol. The van der Waals surface area contributed by atoms with Gasteiger partial charge in [0.15, 0.2) is 0 Å². The molecule has 7 heteroatoms. The molecule has 0 aliphatic rings. The molecule has 0 amide bonds. The SMILES string of the molecule is Cc1nc(NCc2ccncc2)cc(Nc2ccc(Cl)c(Cl)c2)n1. The van der Waals surface area contributed by atoms with Gasteiger partial charge in [0, 0.05) is 30.7 Å². The van der Waals surface area contributed by atoms with E-state index in [2.05, 4.69) is 25.6 Å². The van der Waals surface area contributed by atoms with Gasteiger partial charge in [-0.3, -0.25) is 4.98 Å². The zero-order chi connectivity index (χ0) is 16.9. The third kappa shape index (κ3) is 4.34. The molecule has 122 valence electrons. The van der Waals surface area contributed by atoms with E-state index in [0.717, 1.165) is 17.1 Å². The predicted molar refractivity (Wildman–Crippen MR) is 98.1 cm³/mol. The molecule has 0 unspecified atom stereocenters. The van der Waals surface area contributed by atoms with Crippen LogP contribution in [-0.2, 0) is 6.54 Å². The Morgan fingerprint density at radius 2 is 1.67 bits per heavy atom. The molecule has 0 aliphatic carbocycles. The minimum atomic E-state index is 0.489. The molecule has 0 radical (unpaired) electrons. The Morgan fingerprint density at radius 3 is 2.42 bits per heavy atom. The van der Waals surface area contributed by atoms with Gasteiger partial charge in [-0.25, -0.2) is 9.97 Å². The second-order valence-corrected chi connectivity index (χ2v) is 5.96. The number of aromatic nitrogens is 3. The first-order valence-corrected chi connectivity index (χ1v) is 8.06. The molecule has 0 fully saturated rings. The minimum Gasteiger partial charge on any atom is -0.366 e. The van der Waals surface area contributed by atoms with E-state index < -0.39 is 0 Å². The Labute approximate surface area is 150 Å². The summed E-state index contributed by atoms with van der Waals surface area (Å²) in [7, 11) is 0. The summed E-state index contributed by atoms with van der Waals surface area (Å²) in [5, 5.41) is 7.49. The van der Waals surface area contributed by atoms with Gasteiger partial charge in [0.1, 0.15) is 17.5 Å². The number of rotatable bonds is 5. The summed E-state index contributed by atoms with van der Waals surface area (Å²) in [6, 6.07) is 11.1. The van der Waals surface area contributed by atoms with Crippen LogP contribution in [0.25, 0.3) is 0 Å². The summed E-state index contributed by atoms with van der Waals surface area (Å²) >= 11 is 12.0. The van der Waals surface area contributed by atoms with E-state index in [1.807, 2.05) is 31.2 Å². The molecule has 2 heterocycles. The van der Waals surface area contributed by atoms with Crippen molar-refractivity contribution in [1.82, 2.24) is 15.0 Å². The zero-order valence-electron chi connectivity index (χ0n) is 12.9. The Bertz CT molecular complexity index is 840. The molecule has 24 heavy (non-hydrogen) atoms. The first kappa shape index (κ1) is 16.5. The van der Waals surface area contributed by atoms with Crippen molar-refractivity contribution < 1.29 is 0 Å². The quantitative estimate of drug-likeness (QED) is 0.682. The van der Waals surface area contributed by atoms with E-state index in [1.54, 1.807) is 24.5 Å². The van der Waals surface area contributed by atoms with Gasteiger partial charge in [0.25, 0.3) is 0 Å². The molecule has 0 bridgehead atoms. The van der Waals surface area contributed by atoms with Crippen LogP contribution in [0.15, 0.2) is 48.8 Å². The van der Waals surface area contributed by atoms with Crippen LogP contribution < -0.4 is 10.6 Å². The van der Waals surface area contributed by atoms with Gasteiger partial charge in [-0.05, 0) is 42.8 Å². The van der Waals surface area contributed by atoms with Gasteiger partial charge in [0.05, 0.1) is 10.0 Å². The van der Waals surface area contributed by atoms with Crippen molar-refractivity contribution in [1.29, 1.82) is 0 Å². The normalized spacial score (nSPS) is 10.5. The fourth-order valence-electron chi connectivity index (χ4n) is 2.14. The van der Waals surface area contributed by atoms with Crippen LogP contribution in [0.4, 0.5) is 17.3 Å². The number of nitrogens with one attached hydrogen (secondary N) is 2. The van der Waals surface area contributed by atoms with Crippen molar-refractivity contribution in [3.63, 3.8) is 0 Å². The Kier molecular flexibility index (Phi) is 5.13. The standard InChI is InChI=1S/C17H15Cl2N5/c1-11-22-16(21-10-12-4-6-20-7-5-12)9-17(23-11)24-13-2-3-14(18)15(19)8-13/h2-9H,10H2,1H3,(H2,21,22,23,24). The van der Waals surface area contributed by atoms with E-state index in [9.17, 15) is 0 Å². The summed E-state index contributed by atoms with van der Waals surface area (Å²) in [5.41, 5.74) is 1.93. The lowest BCUT2D eigenvalue weighted by Crippen LogP contribution is -2.05. The van der Waals surface area contributed by atoms with Crippen molar-refractivity contribution >= 4 is 40.5 Å². The Hall–Kier alpha value is -2.37. The molecule has 5 nitrogen and oxygen atoms in total. The van der Waals surface area contributed by atoms with E-state index in [-0.39, 0.29) is 0 Å². The maximum Gasteiger partial charge on any atom is 0.136 e. The molecule has 0 saturated carbocycles. The van der Waals surface area contributed by atoms with E-state index in [1.165, 1.54) is 0 Å². The fraction of sp³-hybridized carbons (Fsp3) is 0.118. The summed E-state index contributed by atoms with van der Waals surface area (Å²) in [4.78, 5) is 12.8. The summed E-state index contributed by atoms with van der Waals surface area (Å²) in [5.74, 6) is 2.08. The highest BCUT2D eigenvalue weighted by molar-refractivity contribution is 6.42. The van der Waals surface area contributed by atoms with E-state index in [0.29, 0.717) is 28.2 Å². The zero-order valence-corrected chi connectivity index (χ0v) is 14.4. The Morgan fingerprint density at radius 1 is 0.917 bits per heavy atom. The largest absolute Gasteiger partial charge is 0.366 e. The first-order chi connectivity index (χ1) is 11.6. The number of benzene rings is 1. The molecule has 0 spiro atoms. The third-order valence-corrected chi connectivity index (χ3v) is 3.99. The topological polar surface area (TPSA) is 62.7 Å². The minimum absolute atomic E-state index is 0.489. The second-order valence-electron chi connectivity index (χ2n) is 5.15. The number of anilines is 3. The summed E-state index contributed by atoms with van der Waals surface area (Å²) in [6.07, 6.45) is 3.53. The van der Waals surface area contributed by atoms with Crippen LogP contribution in [0.5, 0.6) is 0 Å². The van der Waals surface area contributed by atoms with Crippen molar-refractivity contribution in [2.75, 3.05) is 10.6 Å². The molecule has 0 aliphatic heterocycles. The molecular weight excluding hydrogens is 345 g/mol. The van der Waals surface area contributed by atoms with E-state index >= 15 is 0 Å². The lowest BCUT2D eigenvalue weighted by Gasteiger charge is -2.11. The van der Waals surface area contributed by atoms with Crippen LogP contribution in [0.1, 0.15) is 11.4 Å². The average Bonchev–Trinajstić information content (AvgIpc) is 2.57. The maximum atomic E-state index is 6.04. The average molecular weight is 360 g/mol. The molecular formula is C17H15Cl2N5. The fourth-order valence-corrected chi connectivity index (χ4v) is 2.44. The van der Waals surface area contributed by atoms with Crippen molar-refractivity contribution in [3.8, 4) is 0 Å². The number of pyridine rings is 1. The summed E-state index contributed by atoms with van der Waals surface area (Å²) in [6.45, 7) is 2.50. The number of halogens is 2. The smallest absolute Gasteiger partial charge is 0.136 e. The maximum absolute atomic E-state index is 6.04. The molecule has 0 saturated heterocycles. The first-order valence-electron chi connectivity index (χ1n) is 7.31. The second kappa shape index (κ2) is 7.47. The predicted octanol–water partition coefficient (Wildman–Crippen LogP) is 4.84. The van der Waals surface area contributed by atoms with Gasteiger partial charge in [0.2, 0.25) is 0 Å². The van der Waals surface area contributed by atoms with Crippen molar-refractivity contribution in [3.05, 3.63) is 70.2 Å². The molecule has 3 aromatic rings.